The number of hydrogen-bond donors (Lipinski definition) is 2. The molecule has 1 heterocycles. The van der Waals surface area contributed by atoms with E-state index in [1.165, 1.54) is 22.0 Å². The number of benzene rings is 1. The Balaban J connectivity index is 1.68. The Hall–Kier alpha value is -2.22. The van der Waals surface area contributed by atoms with Gasteiger partial charge in [0.1, 0.15) is 18.2 Å². The van der Waals surface area contributed by atoms with Gasteiger partial charge < -0.3 is 15.9 Å². The zero-order valence-electron chi connectivity index (χ0n) is 13.5. The summed E-state index contributed by atoms with van der Waals surface area (Å²) in [4.78, 5) is 11.8. The Kier molecular flexibility index (Phi) is 5.86. The maximum absolute atomic E-state index is 11.8. The van der Waals surface area contributed by atoms with Crippen molar-refractivity contribution in [2.24, 2.45) is 0 Å². The fourth-order valence-electron chi connectivity index (χ4n) is 1.94. The van der Waals surface area contributed by atoms with E-state index >= 15 is 0 Å². The molecule has 23 heavy (non-hydrogen) atoms. The third kappa shape index (κ3) is 4.88. The minimum Gasteiger partial charge on any atom is -0.491 e. The minimum absolute atomic E-state index is 0.0973. The van der Waals surface area contributed by atoms with E-state index < -0.39 is 0 Å². The predicted octanol–water partition coefficient (Wildman–Crippen LogP) is 1.20. The molecular formula is C15H21N5O2S. The van der Waals surface area contributed by atoms with Crippen LogP contribution in [0.15, 0.2) is 23.4 Å². The number of rotatable bonds is 7. The zero-order chi connectivity index (χ0) is 16.8. The number of nitrogen functional groups attached to an aromatic ring is 1. The number of thioether (sulfide) groups is 1. The Bertz CT molecular complexity index is 687. The van der Waals surface area contributed by atoms with Gasteiger partial charge in [0.15, 0.2) is 0 Å². The summed E-state index contributed by atoms with van der Waals surface area (Å²) < 4.78 is 7.02. The Morgan fingerprint density at radius 2 is 2.13 bits per heavy atom. The first-order valence-corrected chi connectivity index (χ1v) is 8.22. The van der Waals surface area contributed by atoms with Gasteiger partial charge in [-0.05, 0) is 32.4 Å². The van der Waals surface area contributed by atoms with Crippen LogP contribution in [0.2, 0.25) is 0 Å². The molecule has 1 aromatic carbocycles. The molecule has 0 aliphatic carbocycles. The van der Waals surface area contributed by atoms with Crippen LogP contribution in [-0.4, -0.2) is 39.7 Å². The number of hydrogen-bond acceptors (Lipinski definition) is 6. The summed E-state index contributed by atoms with van der Waals surface area (Å²) in [5, 5.41) is 11.0. The lowest BCUT2D eigenvalue weighted by Crippen LogP contribution is -2.29. The Labute approximate surface area is 139 Å². The van der Waals surface area contributed by atoms with Crippen molar-refractivity contribution < 1.29 is 9.53 Å². The van der Waals surface area contributed by atoms with E-state index in [0.717, 1.165) is 11.3 Å². The van der Waals surface area contributed by atoms with Gasteiger partial charge in [-0.3, -0.25) is 4.79 Å². The van der Waals surface area contributed by atoms with Crippen LogP contribution in [0.25, 0.3) is 0 Å². The average Bonchev–Trinajstić information content (AvgIpc) is 2.83. The third-order valence-electron chi connectivity index (χ3n) is 3.18. The molecule has 0 spiro atoms. The highest BCUT2D eigenvalue weighted by Gasteiger charge is 2.09. The van der Waals surface area contributed by atoms with Gasteiger partial charge in [-0.25, -0.2) is 4.68 Å². The van der Waals surface area contributed by atoms with Crippen molar-refractivity contribution >= 4 is 17.7 Å². The SMILES string of the molecule is Cc1ccc(OCCNC(=O)CSc2nnc(C)n2N)c(C)c1. The number of nitrogens with one attached hydrogen (secondary N) is 1. The number of amides is 1. The lowest BCUT2D eigenvalue weighted by Gasteiger charge is -2.10. The van der Waals surface area contributed by atoms with E-state index in [2.05, 4.69) is 21.6 Å². The zero-order valence-corrected chi connectivity index (χ0v) is 14.3. The molecule has 2 rings (SSSR count). The molecule has 0 bridgehead atoms. The summed E-state index contributed by atoms with van der Waals surface area (Å²) in [6.07, 6.45) is 0. The second-order valence-corrected chi connectivity index (χ2v) is 6.10. The number of carbonyl (C=O) groups excluding carboxylic acids is 1. The van der Waals surface area contributed by atoms with Crippen molar-refractivity contribution in [3.8, 4) is 5.75 Å². The van der Waals surface area contributed by atoms with E-state index in [-0.39, 0.29) is 11.7 Å². The van der Waals surface area contributed by atoms with Crippen LogP contribution in [0.5, 0.6) is 5.75 Å². The van der Waals surface area contributed by atoms with Crippen molar-refractivity contribution in [2.45, 2.75) is 25.9 Å². The molecule has 0 unspecified atom stereocenters. The largest absolute Gasteiger partial charge is 0.491 e. The minimum atomic E-state index is -0.0973. The summed E-state index contributed by atoms with van der Waals surface area (Å²) >= 11 is 1.25. The molecule has 0 atom stereocenters. The first-order chi connectivity index (χ1) is 11.0. The van der Waals surface area contributed by atoms with Crippen molar-refractivity contribution in [3.05, 3.63) is 35.2 Å². The highest BCUT2D eigenvalue weighted by atomic mass is 32.2. The standard InChI is InChI=1S/C15H21N5O2S/c1-10-4-5-13(11(2)8-10)22-7-6-17-14(21)9-23-15-19-18-12(3)20(15)16/h4-5,8H,6-7,9,16H2,1-3H3,(H,17,21). The van der Waals surface area contributed by atoms with E-state index in [0.29, 0.717) is 24.1 Å². The van der Waals surface area contributed by atoms with E-state index in [1.807, 2.05) is 26.0 Å². The van der Waals surface area contributed by atoms with Crippen LogP contribution in [0.4, 0.5) is 0 Å². The molecular weight excluding hydrogens is 314 g/mol. The second kappa shape index (κ2) is 7.87. The maximum atomic E-state index is 11.8. The van der Waals surface area contributed by atoms with Crippen LogP contribution in [0, 0.1) is 20.8 Å². The quantitative estimate of drug-likeness (QED) is 0.448. The topological polar surface area (TPSA) is 95.1 Å². The average molecular weight is 335 g/mol. The normalized spacial score (nSPS) is 10.6. The van der Waals surface area contributed by atoms with Gasteiger partial charge in [-0.2, -0.15) is 0 Å². The molecule has 0 radical (unpaired) electrons. The van der Waals surface area contributed by atoms with Crippen LogP contribution < -0.4 is 15.9 Å². The van der Waals surface area contributed by atoms with Gasteiger partial charge >= 0.3 is 0 Å². The van der Waals surface area contributed by atoms with Gasteiger partial charge in [0.2, 0.25) is 11.1 Å². The maximum Gasteiger partial charge on any atom is 0.230 e. The van der Waals surface area contributed by atoms with Gasteiger partial charge in [0, 0.05) is 0 Å². The number of aryl methyl sites for hydroxylation is 3. The first-order valence-electron chi connectivity index (χ1n) is 7.24. The van der Waals surface area contributed by atoms with Crippen LogP contribution in [-0.2, 0) is 4.79 Å². The summed E-state index contributed by atoms with van der Waals surface area (Å²) in [6.45, 7) is 6.66. The molecule has 1 aromatic heterocycles. The molecule has 124 valence electrons. The van der Waals surface area contributed by atoms with E-state index in [1.54, 1.807) is 6.92 Å². The molecule has 7 nitrogen and oxygen atoms in total. The molecule has 1 amide bonds. The number of nitrogens with two attached hydrogens (primary N) is 1. The first kappa shape index (κ1) is 17.1. The molecule has 2 aromatic rings. The van der Waals surface area contributed by atoms with E-state index in [4.69, 9.17) is 10.6 Å². The number of carbonyl (C=O) groups is 1. The van der Waals surface area contributed by atoms with Crippen LogP contribution >= 0.6 is 11.8 Å². The second-order valence-electron chi connectivity index (χ2n) is 5.16. The van der Waals surface area contributed by atoms with Crippen molar-refractivity contribution in [1.82, 2.24) is 20.2 Å². The molecule has 8 heteroatoms. The van der Waals surface area contributed by atoms with Crippen molar-refractivity contribution in [1.29, 1.82) is 0 Å². The van der Waals surface area contributed by atoms with Crippen LogP contribution in [0.1, 0.15) is 17.0 Å². The fourth-order valence-corrected chi connectivity index (χ4v) is 2.67. The third-order valence-corrected chi connectivity index (χ3v) is 4.12. The van der Waals surface area contributed by atoms with Gasteiger partial charge in [-0.1, -0.05) is 29.5 Å². The Morgan fingerprint density at radius 1 is 1.35 bits per heavy atom. The number of ether oxygens (including phenoxy) is 1. The lowest BCUT2D eigenvalue weighted by molar-refractivity contribution is -0.118. The van der Waals surface area contributed by atoms with Gasteiger partial charge in [-0.15, -0.1) is 10.2 Å². The molecule has 0 fully saturated rings. The highest BCUT2D eigenvalue weighted by molar-refractivity contribution is 7.99. The molecule has 3 N–H and O–H groups in total. The van der Waals surface area contributed by atoms with E-state index in [9.17, 15) is 4.79 Å². The Morgan fingerprint density at radius 3 is 2.78 bits per heavy atom. The monoisotopic (exact) mass is 335 g/mol. The summed E-state index contributed by atoms with van der Waals surface area (Å²) in [5.74, 6) is 7.30. The summed E-state index contributed by atoms with van der Waals surface area (Å²) in [5.41, 5.74) is 2.28. The summed E-state index contributed by atoms with van der Waals surface area (Å²) in [7, 11) is 0. The number of nitrogens with zero attached hydrogens (tertiary/aromatic N) is 3. The highest BCUT2D eigenvalue weighted by Crippen LogP contribution is 2.18. The smallest absolute Gasteiger partial charge is 0.230 e. The molecule has 0 saturated heterocycles. The molecule has 0 aliphatic rings. The predicted molar refractivity (Wildman–Crippen MR) is 90.1 cm³/mol. The van der Waals surface area contributed by atoms with Gasteiger partial charge in [0.25, 0.3) is 0 Å². The molecule has 0 aliphatic heterocycles. The van der Waals surface area contributed by atoms with Crippen molar-refractivity contribution in [2.75, 3.05) is 24.7 Å². The summed E-state index contributed by atoms with van der Waals surface area (Å²) in [6, 6.07) is 6.01. The van der Waals surface area contributed by atoms with Gasteiger partial charge in [0.05, 0.1) is 12.3 Å². The fraction of sp³-hybridized carbons (Fsp3) is 0.400. The van der Waals surface area contributed by atoms with Crippen LogP contribution in [0.3, 0.4) is 0 Å². The lowest BCUT2D eigenvalue weighted by atomic mass is 10.1. The number of aromatic nitrogens is 3. The molecule has 0 saturated carbocycles. The van der Waals surface area contributed by atoms with Crippen molar-refractivity contribution in [3.63, 3.8) is 0 Å².